The minimum atomic E-state index is 0.629. The predicted molar refractivity (Wildman–Crippen MR) is 80.5 cm³/mol. The van der Waals surface area contributed by atoms with Crippen molar-refractivity contribution in [1.29, 1.82) is 0 Å². The summed E-state index contributed by atoms with van der Waals surface area (Å²) >= 11 is 0. The monoisotopic (exact) mass is 249 g/mol. The Bertz CT molecular complexity index is 213. The maximum Gasteiger partial charge on any atom is -0.0236 e. The maximum absolute atomic E-state index is 2.73. The normalized spacial score (nSPS) is 27.0. The first-order valence-corrected chi connectivity index (χ1v) is 8.66. The quantitative estimate of drug-likeness (QED) is 0.547. The summed E-state index contributed by atoms with van der Waals surface area (Å²) in [6, 6.07) is 0. The lowest BCUT2D eigenvalue weighted by Gasteiger charge is -2.48. The number of rotatable bonds is 5. The lowest BCUT2D eigenvalue weighted by atomic mass is 9.57. The third-order valence-electron chi connectivity index (χ3n) is 5.79. The van der Waals surface area contributed by atoms with Crippen LogP contribution in [-0.4, -0.2) is 0 Å². The summed E-state index contributed by atoms with van der Waals surface area (Å²) < 4.78 is 0. The van der Waals surface area contributed by atoms with E-state index in [0.29, 0.717) is 5.41 Å². The van der Waals surface area contributed by atoms with Crippen LogP contribution in [0.5, 0.6) is 0 Å². The van der Waals surface area contributed by atoms with Crippen LogP contribution in [0.2, 0.25) is 0 Å². The Morgan fingerprint density at radius 3 is 2.11 bits per heavy atom. The summed E-state index contributed by atoms with van der Waals surface area (Å²) in [6.07, 6.45) is 20.4. The van der Waals surface area contributed by atoms with Crippen LogP contribution in [0.3, 0.4) is 0 Å². The fraction of sp³-hybridized carbons (Fsp3) is 0.944. The number of hydrogen-bond donors (Lipinski definition) is 0. The largest absolute Gasteiger partial charge is 0.0651 e. The van der Waals surface area contributed by atoms with E-state index < -0.39 is 0 Å². The lowest BCUT2D eigenvalue weighted by Crippen LogP contribution is -2.38. The summed E-state index contributed by atoms with van der Waals surface area (Å²) in [5, 5.41) is 0. The van der Waals surface area contributed by atoms with Crippen molar-refractivity contribution in [2.24, 2.45) is 17.3 Å². The Hall–Kier alpha value is 0. The first-order valence-electron chi connectivity index (χ1n) is 8.66. The van der Waals surface area contributed by atoms with E-state index in [1.165, 1.54) is 77.0 Å². The molecule has 1 unspecified atom stereocenters. The third-order valence-corrected chi connectivity index (χ3v) is 5.79. The molecule has 0 heteroatoms. The van der Waals surface area contributed by atoms with E-state index in [1.54, 1.807) is 0 Å². The second-order valence-corrected chi connectivity index (χ2v) is 6.82. The van der Waals surface area contributed by atoms with E-state index >= 15 is 0 Å². The Kier molecular flexibility index (Phi) is 5.57. The van der Waals surface area contributed by atoms with Gasteiger partial charge in [-0.15, -0.1) is 0 Å². The minimum absolute atomic E-state index is 0.629. The van der Waals surface area contributed by atoms with Gasteiger partial charge in [0.15, 0.2) is 0 Å². The lowest BCUT2D eigenvalue weighted by molar-refractivity contribution is 0.0608. The minimum Gasteiger partial charge on any atom is -0.0651 e. The molecule has 2 saturated carbocycles. The molecule has 2 aliphatic carbocycles. The van der Waals surface area contributed by atoms with Crippen LogP contribution in [0.4, 0.5) is 0 Å². The SMILES string of the molecule is CC[CH]C1(C(CC)C2CCCCC2)CCCCC1. The highest BCUT2D eigenvalue weighted by Gasteiger charge is 2.41. The average Bonchev–Trinajstić information content (AvgIpc) is 2.42. The Labute approximate surface area is 115 Å². The molecule has 0 N–H and O–H groups in total. The van der Waals surface area contributed by atoms with Crippen LogP contribution in [0, 0.1) is 23.7 Å². The van der Waals surface area contributed by atoms with Crippen molar-refractivity contribution in [3.63, 3.8) is 0 Å². The second-order valence-electron chi connectivity index (χ2n) is 6.82. The molecule has 1 atom stereocenters. The van der Waals surface area contributed by atoms with Crippen molar-refractivity contribution in [3.8, 4) is 0 Å². The molecule has 2 fully saturated rings. The zero-order chi connectivity index (χ0) is 12.8. The molecular weight excluding hydrogens is 216 g/mol. The summed E-state index contributed by atoms with van der Waals surface area (Å²) in [6.45, 7) is 4.81. The Morgan fingerprint density at radius 1 is 0.944 bits per heavy atom. The third kappa shape index (κ3) is 3.11. The average molecular weight is 249 g/mol. The second kappa shape index (κ2) is 6.96. The van der Waals surface area contributed by atoms with Crippen molar-refractivity contribution in [2.45, 2.75) is 90.9 Å². The van der Waals surface area contributed by atoms with Gasteiger partial charge in [0.2, 0.25) is 0 Å². The molecule has 0 bridgehead atoms. The van der Waals surface area contributed by atoms with Crippen LogP contribution in [0.15, 0.2) is 0 Å². The molecule has 0 amide bonds. The van der Waals surface area contributed by atoms with E-state index in [2.05, 4.69) is 20.3 Å². The molecule has 0 aromatic carbocycles. The van der Waals surface area contributed by atoms with Gasteiger partial charge in [-0.2, -0.15) is 0 Å². The van der Waals surface area contributed by atoms with Gasteiger partial charge >= 0.3 is 0 Å². The predicted octanol–water partition coefficient (Wildman–Crippen LogP) is 6.16. The van der Waals surface area contributed by atoms with Crippen LogP contribution in [0.25, 0.3) is 0 Å². The molecule has 0 saturated heterocycles. The summed E-state index contributed by atoms with van der Waals surface area (Å²) in [4.78, 5) is 0. The summed E-state index contributed by atoms with van der Waals surface area (Å²) in [5.74, 6) is 2.04. The highest BCUT2D eigenvalue weighted by Crippen LogP contribution is 2.52. The van der Waals surface area contributed by atoms with Crippen LogP contribution < -0.4 is 0 Å². The van der Waals surface area contributed by atoms with Crippen LogP contribution in [0.1, 0.15) is 90.9 Å². The van der Waals surface area contributed by atoms with Gasteiger partial charge in [0.25, 0.3) is 0 Å². The fourth-order valence-electron chi connectivity index (χ4n) is 5.09. The highest BCUT2D eigenvalue weighted by molar-refractivity contribution is 5.00. The molecule has 0 heterocycles. The van der Waals surface area contributed by atoms with Crippen molar-refractivity contribution in [3.05, 3.63) is 6.42 Å². The molecule has 1 radical (unpaired) electrons. The van der Waals surface area contributed by atoms with Crippen molar-refractivity contribution in [1.82, 2.24) is 0 Å². The van der Waals surface area contributed by atoms with Gasteiger partial charge in [-0.05, 0) is 36.5 Å². The Morgan fingerprint density at radius 2 is 1.56 bits per heavy atom. The molecule has 2 rings (SSSR count). The van der Waals surface area contributed by atoms with Crippen molar-refractivity contribution in [2.75, 3.05) is 0 Å². The molecule has 0 spiro atoms. The zero-order valence-corrected chi connectivity index (χ0v) is 12.7. The molecule has 2 aliphatic rings. The number of hydrogen-bond acceptors (Lipinski definition) is 0. The summed E-state index contributed by atoms with van der Waals surface area (Å²) in [7, 11) is 0. The first-order chi connectivity index (χ1) is 8.82. The Balaban J connectivity index is 2.09. The first kappa shape index (κ1) is 14.4. The topological polar surface area (TPSA) is 0 Å². The smallest absolute Gasteiger partial charge is 0.0236 e. The maximum atomic E-state index is 2.73. The van der Waals surface area contributed by atoms with E-state index in [9.17, 15) is 0 Å². The van der Waals surface area contributed by atoms with E-state index in [4.69, 9.17) is 0 Å². The fourth-order valence-corrected chi connectivity index (χ4v) is 5.09. The van der Waals surface area contributed by atoms with Gasteiger partial charge in [-0.3, -0.25) is 0 Å². The van der Waals surface area contributed by atoms with Gasteiger partial charge in [-0.25, -0.2) is 0 Å². The van der Waals surface area contributed by atoms with E-state index in [-0.39, 0.29) is 0 Å². The molecule has 0 nitrogen and oxygen atoms in total. The molecule has 0 aromatic heterocycles. The highest BCUT2D eigenvalue weighted by atomic mass is 14.5. The van der Waals surface area contributed by atoms with Gasteiger partial charge < -0.3 is 0 Å². The standard InChI is InChI=1S/C18H33/c1-3-13-18(14-9-6-10-15-18)17(4-2)16-11-7-5-8-12-16/h13,16-17H,3-12,14-15H2,1-2H3. The van der Waals surface area contributed by atoms with Gasteiger partial charge in [0.05, 0.1) is 0 Å². The van der Waals surface area contributed by atoms with E-state index in [0.717, 1.165) is 11.8 Å². The van der Waals surface area contributed by atoms with Gasteiger partial charge in [0.1, 0.15) is 0 Å². The van der Waals surface area contributed by atoms with Gasteiger partial charge in [-0.1, -0.05) is 78.1 Å². The molecule has 105 valence electrons. The van der Waals surface area contributed by atoms with Crippen LogP contribution >= 0.6 is 0 Å². The zero-order valence-electron chi connectivity index (χ0n) is 12.7. The van der Waals surface area contributed by atoms with Crippen molar-refractivity contribution >= 4 is 0 Å². The van der Waals surface area contributed by atoms with Gasteiger partial charge in [0, 0.05) is 0 Å². The van der Waals surface area contributed by atoms with Crippen LogP contribution in [-0.2, 0) is 0 Å². The molecular formula is C18H33. The van der Waals surface area contributed by atoms with E-state index in [1.807, 2.05) is 0 Å². The van der Waals surface area contributed by atoms with Crippen molar-refractivity contribution < 1.29 is 0 Å². The molecule has 18 heavy (non-hydrogen) atoms. The molecule has 0 aliphatic heterocycles. The summed E-state index contributed by atoms with van der Waals surface area (Å²) in [5.41, 5.74) is 0.629. The molecule has 0 aromatic rings.